The van der Waals surface area contributed by atoms with E-state index < -0.39 is 10.9 Å². The Balaban J connectivity index is 2.49. The molecule has 0 aliphatic heterocycles. The van der Waals surface area contributed by atoms with Crippen molar-refractivity contribution in [3.05, 3.63) is 33.6 Å². The molecule has 0 aliphatic carbocycles. The Labute approximate surface area is 124 Å². The predicted molar refractivity (Wildman–Crippen MR) is 79.9 cm³/mol. The van der Waals surface area contributed by atoms with Crippen molar-refractivity contribution in [2.45, 2.75) is 19.8 Å². The molecule has 3 rings (SSSR count). The lowest BCUT2D eigenvalue weighted by Gasteiger charge is -2.01. The van der Waals surface area contributed by atoms with Crippen LogP contribution in [0.2, 0.25) is 0 Å². The fourth-order valence-corrected chi connectivity index (χ4v) is 2.72. The van der Waals surface area contributed by atoms with Gasteiger partial charge >= 0.3 is 5.97 Å². The summed E-state index contributed by atoms with van der Waals surface area (Å²) in [5.74, 6) is -0.586. The summed E-state index contributed by atoms with van der Waals surface area (Å²) in [5, 5.41) is 18.4. The molecule has 2 N–H and O–H groups in total. The second-order valence-electron chi connectivity index (χ2n) is 4.93. The van der Waals surface area contributed by atoms with Gasteiger partial charge in [-0.15, -0.1) is 0 Å². The van der Waals surface area contributed by atoms with Gasteiger partial charge in [0, 0.05) is 23.0 Å². The molecular weight excluding hydrogens is 288 g/mol. The van der Waals surface area contributed by atoms with E-state index in [4.69, 9.17) is 4.74 Å². The average Bonchev–Trinajstić information content (AvgIpc) is 3.09. The summed E-state index contributed by atoms with van der Waals surface area (Å²) in [6.45, 7) is 1.97. The second kappa shape index (κ2) is 5.14. The normalized spacial score (nSPS) is 11.2. The number of fused-ring (bicyclic) bond motifs is 3. The minimum atomic E-state index is -0.586. The molecule has 2 aromatic heterocycles. The van der Waals surface area contributed by atoms with Crippen molar-refractivity contribution >= 4 is 33.5 Å². The summed E-state index contributed by atoms with van der Waals surface area (Å²) >= 11 is 0. The Bertz CT molecular complexity index is 893. The van der Waals surface area contributed by atoms with E-state index in [1.807, 2.05) is 6.92 Å². The third-order valence-electron chi connectivity index (χ3n) is 3.62. The smallest absolute Gasteiger partial charge is 0.356 e. The number of nitro groups is 1. The first-order valence-electron chi connectivity index (χ1n) is 6.82. The zero-order valence-corrected chi connectivity index (χ0v) is 12.1. The third kappa shape index (κ3) is 1.92. The summed E-state index contributed by atoms with van der Waals surface area (Å²) in [6.07, 6.45) is 3.00. The Morgan fingerprint density at radius 2 is 2.27 bits per heavy atom. The molecule has 0 fully saturated rings. The Hall–Kier alpha value is -2.90. The Kier molecular flexibility index (Phi) is 3.28. The second-order valence-corrected chi connectivity index (χ2v) is 4.93. The first-order chi connectivity index (χ1) is 10.6. The number of hydrogen-bond acceptors (Lipinski definition) is 5. The van der Waals surface area contributed by atoms with Gasteiger partial charge in [-0.05, 0) is 12.0 Å². The van der Waals surface area contributed by atoms with Gasteiger partial charge < -0.3 is 14.9 Å². The van der Waals surface area contributed by atoms with Crippen LogP contribution in [0.1, 0.15) is 29.4 Å². The zero-order chi connectivity index (χ0) is 15.9. The van der Waals surface area contributed by atoms with E-state index >= 15 is 0 Å². The summed E-state index contributed by atoms with van der Waals surface area (Å²) in [5.41, 5.74) is 1.60. The molecule has 0 aliphatic rings. The molecule has 0 unspecified atom stereocenters. The topological polar surface area (TPSA) is 114 Å². The third-order valence-corrected chi connectivity index (χ3v) is 3.62. The van der Waals surface area contributed by atoms with E-state index in [9.17, 15) is 14.9 Å². The minimum absolute atomic E-state index is 0.122. The zero-order valence-electron chi connectivity index (χ0n) is 12.1. The quantitative estimate of drug-likeness (QED) is 0.437. The highest BCUT2D eigenvalue weighted by Gasteiger charge is 2.27. The standard InChI is InChI=1S/C14H14N4O4/c1-3-4-8-10-11-7(6-15-17-11)5-9(18(20)21)13(10)16-12(8)14(19)22-2/h5-6,15,17H,3-4H2,1-2H3. The SMILES string of the molecule is CCCc1c(C(=O)OC)nc2c([N+](=O)[O-])cc3c[nH][nH]c3c12. The number of carbonyl (C=O) groups excluding carboxylic acids is 1. The van der Waals surface area contributed by atoms with Crippen LogP contribution >= 0.6 is 0 Å². The molecule has 0 atom stereocenters. The van der Waals surface area contributed by atoms with Crippen LogP contribution in [0.25, 0.3) is 21.8 Å². The van der Waals surface area contributed by atoms with Gasteiger partial charge in [-0.1, -0.05) is 13.3 Å². The Morgan fingerprint density at radius 1 is 1.50 bits per heavy atom. The molecule has 3 aromatic rings. The molecule has 0 amide bonds. The number of aromatic amines is 2. The van der Waals surface area contributed by atoms with Crippen molar-refractivity contribution in [1.82, 2.24) is 15.2 Å². The minimum Gasteiger partial charge on any atom is -0.464 e. The van der Waals surface area contributed by atoms with Gasteiger partial charge in [-0.2, -0.15) is 0 Å². The lowest BCUT2D eigenvalue weighted by molar-refractivity contribution is -0.383. The van der Waals surface area contributed by atoms with Gasteiger partial charge in [0.2, 0.25) is 0 Å². The molecule has 22 heavy (non-hydrogen) atoms. The average molecular weight is 302 g/mol. The van der Waals surface area contributed by atoms with E-state index in [-0.39, 0.29) is 16.9 Å². The lowest BCUT2D eigenvalue weighted by Crippen LogP contribution is -2.05. The number of aromatic nitrogens is 3. The number of nitro benzene ring substituents is 1. The van der Waals surface area contributed by atoms with Crippen molar-refractivity contribution in [1.29, 1.82) is 0 Å². The van der Waals surface area contributed by atoms with Crippen molar-refractivity contribution in [2.24, 2.45) is 0 Å². The van der Waals surface area contributed by atoms with Gasteiger partial charge in [0.1, 0.15) is 0 Å². The summed E-state index contributed by atoms with van der Waals surface area (Å²) in [6, 6.07) is 1.44. The van der Waals surface area contributed by atoms with Crippen LogP contribution in [0, 0.1) is 10.1 Å². The summed E-state index contributed by atoms with van der Waals surface area (Å²) < 4.78 is 4.76. The van der Waals surface area contributed by atoms with Crippen molar-refractivity contribution in [3.8, 4) is 0 Å². The van der Waals surface area contributed by atoms with Gasteiger partial charge in [0.15, 0.2) is 11.2 Å². The molecular formula is C14H14N4O4. The number of non-ortho nitro benzene ring substituents is 1. The van der Waals surface area contributed by atoms with Crippen molar-refractivity contribution in [3.63, 3.8) is 0 Å². The lowest BCUT2D eigenvalue weighted by atomic mass is 10.0. The van der Waals surface area contributed by atoms with Crippen LogP contribution in [0.5, 0.6) is 0 Å². The molecule has 2 heterocycles. The van der Waals surface area contributed by atoms with Crippen LogP contribution in [-0.2, 0) is 11.2 Å². The fourth-order valence-electron chi connectivity index (χ4n) is 2.72. The van der Waals surface area contributed by atoms with Gasteiger partial charge in [0.25, 0.3) is 5.69 Å². The molecule has 0 spiro atoms. The number of esters is 1. The number of H-pyrrole nitrogens is 2. The van der Waals surface area contributed by atoms with Gasteiger partial charge in [-0.3, -0.25) is 10.1 Å². The highest BCUT2D eigenvalue weighted by Crippen LogP contribution is 2.36. The Morgan fingerprint density at radius 3 is 2.91 bits per heavy atom. The van der Waals surface area contributed by atoms with Crippen LogP contribution < -0.4 is 0 Å². The van der Waals surface area contributed by atoms with Gasteiger partial charge in [0.05, 0.1) is 17.5 Å². The number of carbonyl (C=O) groups is 1. The van der Waals surface area contributed by atoms with Crippen LogP contribution in [0.3, 0.4) is 0 Å². The molecule has 8 nitrogen and oxygen atoms in total. The number of benzene rings is 1. The number of methoxy groups -OCH3 is 1. The number of nitrogens with zero attached hydrogens (tertiary/aromatic N) is 2. The van der Waals surface area contributed by atoms with Crippen molar-refractivity contribution < 1.29 is 14.5 Å². The number of aryl methyl sites for hydroxylation is 1. The molecule has 1 aromatic carbocycles. The molecule has 8 heteroatoms. The molecule has 0 saturated carbocycles. The number of nitrogens with one attached hydrogen (secondary N) is 2. The van der Waals surface area contributed by atoms with Gasteiger partial charge in [-0.25, -0.2) is 9.78 Å². The maximum atomic E-state index is 12.0. The van der Waals surface area contributed by atoms with E-state index in [1.54, 1.807) is 6.20 Å². The maximum absolute atomic E-state index is 12.0. The molecule has 0 saturated heterocycles. The van der Waals surface area contributed by atoms with E-state index in [0.717, 1.165) is 6.42 Å². The molecule has 114 valence electrons. The number of rotatable bonds is 4. The number of hydrogen-bond donors (Lipinski definition) is 2. The van der Waals surface area contributed by atoms with E-state index in [2.05, 4.69) is 15.2 Å². The van der Waals surface area contributed by atoms with Crippen LogP contribution in [0.15, 0.2) is 12.3 Å². The highest BCUT2D eigenvalue weighted by molar-refractivity contribution is 6.13. The fraction of sp³-hybridized carbons (Fsp3) is 0.286. The van der Waals surface area contributed by atoms with Crippen LogP contribution in [0.4, 0.5) is 5.69 Å². The maximum Gasteiger partial charge on any atom is 0.356 e. The number of ether oxygens (including phenoxy) is 1. The summed E-state index contributed by atoms with van der Waals surface area (Å²) in [4.78, 5) is 27.0. The van der Waals surface area contributed by atoms with E-state index in [0.29, 0.717) is 28.3 Å². The molecule has 0 bridgehead atoms. The monoisotopic (exact) mass is 302 g/mol. The highest BCUT2D eigenvalue weighted by atomic mass is 16.6. The molecule has 0 radical (unpaired) electrons. The van der Waals surface area contributed by atoms with Crippen molar-refractivity contribution in [2.75, 3.05) is 7.11 Å². The first kappa shape index (κ1) is 14.1. The summed E-state index contributed by atoms with van der Waals surface area (Å²) in [7, 11) is 1.27. The van der Waals surface area contributed by atoms with Crippen LogP contribution in [-0.4, -0.2) is 33.2 Å². The largest absolute Gasteiger partial charge is 0.464 e. The first-order valence-corrected chi connectivity index (χ1v) is 6.82. The van der Waals surface area contributed by atoms with E-state index in [1.165, 1.54) is 13.2 Å². The predicted octanol–water partition coefficient (Wildman–Crippen LogP) is 2.69.